The Kier molecular flexibility index (Phi) is 3.86. The van der Waals surface area contributed by atoms with Gasteiger partial charge in [0.05, 0.1) is 17.6 Å². The van der Waals surface area contributed by atoms with Crippen LogP contribution in [0.2, 0.25) is 0 Å². The number of pyridine rings is 2. The van der Waals surface area contributed by atoms with Crippen LogP contribution in [0.25, 0.3) is 28.5 Å². The van der Waals surface area contributed by atoms with Crippen LogP contribution in [0, 0.1) is 13.8 Å². The molecule has 0 aliphatic heterocycles. The molecule has 0 aliphatic rings. The van der Waals surface area contributed by atoms with E-state index in [1.165, 1.54) is 5.56 Å². The first kappa shape index (κ1) is 15.3. The Morgan fingerprint density at radius 3 is 2.32 bits per heavy atom. The van der Waals surface area contributed by atoms with Gasteiger partial charge in [-0.15, -0.1) is 0 Å². The van der Waals surface area contributed by atoms with E-state index in [1.54, 1.807) is 6.20 Å². The van der Waals surface area contributed by atoms with Gasteiger partial charge in [-0.2, -0.15) is 0 Å². The van der Waals surface area contributed by atoms with E-state index in [0.29, 0.717) is 0 Å². The first-order valence-electron chi connectivity index (χ1n) is 8.21. The van der Waals surface area contributed by atoms with E-state index >= 15 is 0 Å². The van der Waals surface area contributed by atoms with Crippen LogP contribution in [0.1, 0.15) is 11.3 Å². The lowest BCUT2D eigenvalue weighted by atomic mass is 10.1. The zero-order chi connectivity index (χ0) is 17.2. The number of rotatable bonds is 3. The summed E-state index contributed by atoms with van der Waals surface area (Å²) < 4.78 is 2.07. The van der Waals surface area contributed by atoms with Crippen molar-refractivity contribution in [3.63, 3.8) is 0 Å². The van der Waals surface area contributed by atoms with Crippen LogP contribution in [0.4, 0.5) is 0 Å². The molecule has 4 heteroatoms. The second kappa shape index (κ2) is 6.32. The lowest BCUT2D eigenvalue weighted by Gasteiger charge is -2.08. The minimum absolute atomic E-state index is 0.844. The highest BCUT2D eigenvalue weighted by Gasteiger charge is 2.14. The predicted molar refractivity (Wildman–Crippen MR) is 99.5 cm³/mol. The van der Waals surface area contributed by atoms with Crippen LogP contribution in [-0.2, 0) is 0 Å². The fourth-order valence-electron chi connectivity index (χ4n) is 2.72. The molecule has 4 aromatic rings. The van der Waals surface area contributed by atoms with Crippen molar-refractivity contribution in [2.75, 3.05) is 0 Å². The molecule has 0 saturated carbocycles. The summed E-state index contributed by atoms with van der Waals surface area (Å²) in [5.41, 5.74) is 5.96. The molecule has 0 N–H and O–H groups in total. The van der Waals surface area contributed by atoms with Gasteiger partial charge in [0.25, 0.3) is 0 Å². The normalized spacial score (nSPS) is 10.8. The van der Waals surface area contributed by atoms with Crippen LogP contribution in [-0.4, -0.2) is 19.5 Å². The van der Waals surface area contributed by atoms with Gasteiger partial charge in [-0.3, -0.25) is 14.5 Å². The average molecular weight is 326 g/mol. The van der Waals surface area contributed by atoms with Gasteiger partial charge in [-0.05, 0) is 38.1 Å². The number of hydrogen-bond donors (Lipinski definition) is 0. The van der Waals surface area contributed by atoms with Crippen molar-refractivity contribution in [2.45, 2.75) is 13.8 Å². The third-order valence-corrected chi connectivity index (χ3v) is 4.12. The van der Waals surface area contributed by atoms with Crippen LogP contribution in [0.3, 0.4) is 0 Å². The Balaban J connectivity index is 1.89. The smallest absolute Gasteiger partial charge is 0.145 e. The maximum atomic E-state index is 4.85. The monoisotopic (exact) mass is 326 g/mol. The molecule has 4 rings (SSSR count). The minimum atomic E-state index is 0.844. The molecule has 122 valence electrons. The van der Waals surface area contributed by atoms with Crippen molar-refractivity contribution in [1.82, 2.24) is 19.5 Å². The van der Waals surface area contributed by atoms with Gasteiger partial charge in [-0.1, -0.05) is 35.9 Å². The highest BCUT2D eigenvalue weighted by molar-refractivity contribution is 5.65. The Labute approximate surface area is 146 Å². The minimum Gasteiger partial charge on any atom is -0.298 e. The van der Waals surface area contributed by atoms with E-state index in [-0.39, 0.29) is 0 Å². The number of aromatic nitrogens is 4. The summed E-state index contributed by atoms with van der Waals surface area (Å²) in [6, 6.07) is 18.3. The summed E-state index contributed by atoms with van der Waals surface area (Å²) in [7, 11) is 0. The van der Waals surface area contributed by atoms with Crippen molar-refractivity contribution in [3.8, 4) is 28.5 Å². The Morgan fingerprint density at radius 1 is 0.800 bits per heavy atom. The van der Waals surface area contributed by atoms with Gasteiger partial charge < -0.3 is 0 Å². The predicted octanol–water partition coefficient (Wildman–Crippen LogP) is 4.61. The molecule has 0 radical (unpaired) electrons. The van der Waals surface area contributed by atoms with Gasteiger partial charge in [0.2, 0.25) is 0 Å². The van der Waals surface area contributed by atoms with Crippen molar-refractivity contribution in [2.24, 2.45) is 0 Å². The van der Waals surface area contributed by atoms with Gasteiger partial charge in [0.1, 0.15) is 11.5 Å². The number of aryl methyl sites for hydroxylation is 2. The first-order chi connectivity index (χ1) is 12.2. The molecular formula is C21H18N4. The van der Waals surface area contributed by atoms with Crippen molar-refractivity contribution >= 4 is 0 Å². The summed E-state index contributed by atoms with van der Waals surface area (Å²) in [6.07, 6.45) is 5.67. The quantitative estimate of drug-likeness (QED) is 0.552. The summed E-state index contributed by atoms with van der Waals surface area (Å²) in [6.45, 7) is 4.07. The second-order valence-electron chi connectivity index (χ2n) is 6.06. The average Bonchev–Trinajstić information content (AvgIpc) is 3.09. The highest BCUT2D eigenvalue weighted by Crippen LogP contribution is 2.27. The third-order valence-electron chi connectivity index (χ3n) is 4.12. The molecule has 0 fully saturated rings. The van der Waals surface area contributed by atoms with E-state index in [0.717, 1.165) is 34.2 Å². The molecule has 3 heterocycles. The highest BCUT2D eigenvalue weighted by atomic mass is 15.1. The fraction of sp³-hybridized carbons (Fsp3) is 0.0952. The SMILES string of the molecule is Cc1ccc(-c2nc(-c3ccccn3)cn2-c2ccc(C)nc2)cc1. The molecule has 0 unspecified atom stereocenters. The van der Waals surface area contributed by atoms with Crippen molar-refractivity contribution in [3.05, 3.63) is 84.4 Å². The first-order valence-corrected chi connectivity index (χ1v) is 8.21. The van der Waals surface area contributed by atoms with E-state index in [4.69, 9.17) is 4.98 Å². The summed E-state index contributed by atoms with van der Waals surface area (Å²) in [5, 5.41) is 0. The standard InChI is InChI=1S/C21H18N4/c1-15-6-9-17(10-7-15)21-24-20(19-5-3-4-12-22-19)14-25(21)18-11-8-16(2)23-13-18/h3-14H,1-2H3. The lowest BCUT2D eigenvalue weighted by molar-refractivity contribution is 1.04. The molecule has 0 atom stereocenters. The molecule has 25 heavy (non-hydrogen) atoms. The molecule has 3 aromatic heterocycles. The molecule has 4 nitrogen and oxygen atoms in total. The zero-order valence-corrected chi connectivity index (χ0v) is 14.2. The number of imidazole rings is 1. The van der Waals surface area contributed by atoms with Crippen LogP contribution in [0.15, 0.2) is 73.2 Å². The maximum Gasteiger partial charge on any atom is 0.145 e. The number of hydrogen-bond acceptors (Lipinski definition) is 3. The molecule has 0 saturated heterocycles. The summed E-state index contributed by atoms with van der Waals surface area (Å²) in [4.78, 5) is 13.7. The second-order valence-corrected chi connectivity index (χ2v) is 6.06. The lowest BCUT2D eigenvalue weighted by Crippen LogP contribution is -1.97. The van der Waals surface area contributed by atoms with Crippen molar-refractivity contribution < 1.29 is 0 Å². The molecule has 1 aromatic carbocycles. The van der Waals surface area contributed by atoms with Gasteiger partial charge >= 0.3 is 0 Å². The van der Waals surface area contributed by atoms with E-state index in [9.17, 15) is 0 Å². The summed E-state index contributed by atoms with van der Waals surface area (Å²) >= 11 is 0. The molecule has 0 aliphatic carbocycles. The molecule has 0 spiro atoms. The topological polar surface area (TPSA) is 43.6 Å². The molecular weight excluding hydrogens is 308 g/mol. The van der Waals surface area contributed by atoms with E-state index in [2.05, 4.69) is 51.8 Å². The van der Waals surface area contributed by atoms with Crippen molar-refractivity contribution in [1.29, 1.82) is 0 Å². The van der Waals surface area contributed by atoms with Crippen LogP contribution < -0.4 is 0 Å². The Hall–Kier alpha value is -3.27. The fourth-order valence-corrected chi connectivity index (χ4v) is 2.72. The van der Waals surface area contributed by atoms with Crippen LogP contribution >= 0.6 is 0 Å². The van der Waals surface area contributed by atoms with E-state index < -0.39 is 0 Å². The largest absolute Gasteiger partial charge is 0.298 e. The molecule has 0 bridgehead atoms. The number of benzene rings is 1. The molecule has 0 amide bonds. The van der Waals surface area contributed by atoms with Crippen LogP contribution in [0.5, 0.6) is 0 Å². The zero-order valence-electron chi connectivity index (χ0n) is 14.2. The van der Waals surface area contributed by atoms with E-state index in [1.807, 2.05) is 43.6 Å². The third kappa shape index (κ3) is 3.06. The maximum absolute atomic E-state index is 4.85. The summed E-state index contributed by atoms with van der Waals surface area (Å²) in [5.74, 6) is 0.881. The van der Waals surface area contributed by atoms with Gasteiger partial charge in [0, 0.05) is 23.7 Å². The Morgan fingerprint density at radius 2 is 1.64 bits per heavy atom. The van der Waals surface area contributed by atoms with Gasteiger partial charge in [-0.25, -0.2) is 4.98 Å². The number of nitrogens with zero attached hydrogens (tertiary/aromatic N) is 4. The van der Waals surface area contributed by atoms with Gasteiger partial charge in [0.15, 0.2) is 0 Å². The Bertz CT molecular complexity index is 922.